The highest BCUT2D eigenvalue weighted by molar-refractivity contribution is 6.38. The minimum absolute atomic E-state index is 1.21. The Morgan fingerprint density at radius 3 is 0.960 bits per heavy atom. The smallest absolute Gasteiger partial charge is 0.00137 e. The van der Waals surface area contributed by atoms with Crippen molar-refractivity contribution in [2.75, 3.05) is 0 Å². The van der Waals surface area contributed by atoms with Crippen molar-refractivity contribution < 1.29 is 0 Å². The third-order valence-corrected chi connectivity index (χ3v) is 10.3. The normalized spacial score (nSPS) is 11.6. The molecule has 0 N–H and O–H groups in total. The SMILES string of the molecule is C(=C(c1ccccc1)c1ccccc1)c1cc2cc3cccc4c(C=C(c5ccccc5)c5ccccc5)cc5cc6cccc1c6c2c5c34. The van der Waals surface area contributed by atoms with Crippen molar-refractivity contribution in [3.05, 3.63) is 215 Å². The predicted octanol–water partition coefficient (Wildman–Crippen LogP) is 13.5. The highest BCUT2D eigenvalue weighted by Gasteiger charge is 2.19. The Labute approximate surface area is 291 Å². The predicted molar refractivity (Wildman–Crippen MR) is 216 cm³/mol. The first-order chi connectivity index (χ1) is 24.8. The van der Waals surface area contributed by atoms with Crippen molar-refractivity contribution in [3.63, 3.8) is 0 Å². The summed E-state index contributed by atoms with van der Waals surface area (Å²) >= 11 is 0. The Morgan fingerprint density at radius 2 is 0.620 bits per heavy atom. The zero-order chi connectivity index (χ0) is 33.0. The largest absolute Gasteiger partial charge is 0.0622 e. The van der Waals surface area contributed by atoms with Crippen LogP contribution in [0.4, 0.5) is 0 Å². The maximum atomic E-state index is 2.42. The van der Waals surface area contributed by atoms with Gasteiger partial charge < -0.3 is 0 Å². The van der Waals surface area contributed by atoms with Crippen LogP contribution in [0.25, 0.3) is 77.2 Å². The molecule has 10 aromatic carbocycles. The first-order valence-electron chi connectivity index (χ1n) is 17.3. The van der Waals surface area contributed by atoms with Gasteiger partial charge in [-0.05, 0) is 135 Å². The van der Waals surface area contributed by atoms with Crippen molar-refractivity contribution in [1.29, 1.82) is 0 Å². The second-order valence-corrected chi connectivity index (χ2v) is 13.3. The Balaban J connectivity index is 1.27. The van der Waals surface area contributed by atoms with Crippen LogP contribution in [-0.2, 0) is 0 Å². The molecule has 0 fully saturated rings. The Hall–Kier alpha value is -6.50. The maximum Gasteiger partial charge on any atom is -0.00137 e. The lowest BCUT2D eigenvalue weighted by molar-refractivity contribution is 1.56. The molecule has 0 spiro atoms. The fraction of sp³-hybridized carbons (Fsp3) is 0. The van der Waals surface area contributed by atoms with Crippen molar-refractivity contribution in [3.8, 4) is 0 Å². The van der Waals surface area contributed by atoms with Crippen LogP contribution in [0, 0.1) is 0 Å². The number of hydrogen-bond donors (Lipinski definition) is 0. The van der Waals surface area contributed by atoms with Gasteiger partial charge in [0.1, 0.15) is 0 Å². The van der Waals surface area contributed by atoms with Gasteiger partial charge in [-0.3, -0.25) is 0 Å². The third-order valence-electron chi connectivity index (χ3n) is 10.3. The topological polar surface area (TPSA) is 0 Å². The molecule has 0 aliphatic rings. The second kappa shape index (κ2) is 11.6. The van der Waals surface area contributed by atoms with Gasteiger partial charge in [0.15, 0.2) is 0 Å². The van der Waals surface area contributed by atoms with Crippen LogP contribution in [0.3, 0.4) is 0 Å². The van der Waals surface area contributed by atoms with E-state index in [1.165, 1.54) is 98.4 Å². The summed E-state index contributed by atoms with van der Waals surface area (Å²) in [6.07, 6.45) is 4.79. The van der Waals surface area contributed by atoms with E-state index in [4.69, 9.17) is 0 Å². The fourth-order valence-electron chi connectivity index (χ4n) is 8.13. The van der Waals surface area contributed by atoms with Gasteiger partial charge in [0.2, 0.25) is 0 Å². The Morgan fingerprint density at radius 1 is 0.280 bits per heavy atom. The van der Waals surface area contributed by atoms with E-state index in [-0.39, 0.29) is 0 Å². The molecule has 0 unspecified atom stereocenters. The van der Waals surface area contributed by atoms with Crippen LogP contribution in [0.15, 0.2) is 182 Å². The lowest BCUT2D eigenvalue weighted by Gasteiger charge is -2.20. The van der Waals surface area contributed by atoms with Crippen molar-refractivity contribution in [2.45, 2.75) is 0 Å². The molecular formula is C50H32. The summed E-state index contributed by atoms with van der Waals surface area (Å²) in [5.74, 6) is 0. The molecule has 0 heterocycles. The van der Waals surface area contributed by atoms with Crippen molar-refractivity contribution in [2.24, 2.45) is 0 Å². The summed E-state index contributed by atoms with van der Waals surface area (Å²) in [5.41, 5.74) is 9.78. The molecule has 0 nitrogen and oxygen atoms in total. The van der Waals surface area contributed by atoms with Crippen LogP contribution in [-0.4, -0.2) is 0 Å². The van der Waals surface area contributed by atoms with Gasteiger partial charge in [0.05, 0.1) is 0 Å². The van der Waals surface area contributed by atoms with Crippen molar-refractivity contribution in [1.82, 2.24) is 0 Å². The number of rotatable bonds is 6. The maximum absolute atomic E-state index is 2.42. The van der Waals surface area contributed by atoms with E-state index < -0.39 is 0 Å². The zero-order valence-electron chi connectivity index (χ0n) is 27.5. The van der Waals surface area contributed by atoms with Gasteiger partial charge in [-0.2, -0.15) is 0 Å². The molecule has 0 bridgehead atoms. The van der Waals surface area contributed by atoms with E-state index in [1.54, 1.807) is 0 Å². The molecule has 50 heavy (non-hydrogen) atoms. The van der Waals surface area contributed by atoms with Crippen LogP contribution in [0.2, 0.25) is 0 Å². The van der Waals surface area contributed by atoms with E-state index in [0.29, 0.717) is 0 Å². The van der Waals surface area contributed by atoms with Gasteiger partial charge in [-0.15, -0.1) is 0 Å². The van der Waals surface area contributed by atoms with E-state index in [0.717, 1.165) is 0 Å². The first kappa shape index (κ1) is 28.5. The summed E-state index contributed by atoms with van der Waals surface area (Å²) < 4.78 is 0. The molecule has 0 atom stereocenters. The summed E-state index contributed by atoms with van der Waals surface area (Å²) in [6.45, 7) is 0. The minimum Gasteiger partial charge on any atom is -0.0622 e. The van der Waals surface area contributed by atoms with E-state index >= 15 is 0 Å². The van der Waals surface area contributed by atoms with Gasteiger partial charge in [0, 0.05) is 0 Å². The number of benzene rings is 10. The summed E-state index contributed by atoms with van der Waals surface area (Å²) in [6, 6.07) is 66.3. The molecule has 0 aliphatic carbocycles. The first-order valence-corrected chi connectivity index (χ1v) is 17.3. The molecule has 0 aromatic heterocycles. The van der Waals surface area contributed by atoms with Crippen LogP contribution in [0.5, 0.6) is 0 Å². The highest BCUT2D eigenvalue weighted by Crippen LogP contribution is 2.46. The molecule has 0 amide bonds. The van der Waals surface area contributed by atoms with Gasteiger partial charge >= 0.3 is 0 Å². The third kappa shape index (κ3) is 4.61. The second-order valence-electron chi connectivity index (χ2n) is 13.3. The van der Waals surface area contributed by atoms with E-state index in [1.807, 2.05) is 0 Å². The van der Waals surface area contributed by atoms with Crippen LogP contribution < -0.4 is 0 Å². The van der Waals surface area contributed by atoms with E-state index in [9.17, 15) is 0 Å². The molecule has 0 heteroatoms. The lowest BCUT2D eigenvalue weighted by atomic mass is 9.83. The quantitative estimate of drug-likeness (QED) is 0.0972. The monoisotopic (exact) mass is 632 g/mol. The van der Waals surface area contributed by atoms with E-state index in [2.05, 4.69) is 194 Å². The summed E-state index contributed by atoms with van der Waals surface area (Å²) in [4.78, 5) is 0. The molecule has 0 aliphatic heterocycles. The molecule has 10 rings (SSSR count). The minimum atomic E-state index is 1.21. The highest BCUT2D eigenvalue weighted by atomic mass is 14.2. The summed E-state index contributed by atoms with van der Waals surface area (Å²) in [5, 5.41) is 13.1. The number of hydrogen-bond acceptors (Lipinski definition) is 0. The van der Waals surface area contributed by atoms with Gasteiger partial charge in [-0.1, -0.05) is 158 Å². The molecule has 0 radical (unpaired) electrons. The lowest BCUT2D eigenvalue weighted by Crippen LogP contribution is -1.94. The Bertz CT molecular complexity index is 2580. The zero-order valence-corrected chi connectivity index (χ0v) is 27.5. The average Bonchev–Trinajstić information content (AvgIpc) is 3.18. The molecule has 10 aromatic rings. The standard InChI is InChI=1S/C50H32/c1-5-15-33(16-6-1)45(34-17-7-2-8-18-34)31-39-29-41-27-38-24-14-26-44-40(32-46(35-19-9-3-10-20-35)36-21-11-4-12-22-36)30-42-28-37-23-13-25-43(39)47(37)49(41)50(42)48(38)44/h1-32H. The molecular weight excluding hydrogens is 601 g/mol. The van der Waals surface area contributed by atoms with Gasteiger partial charge in [-0.25, -0.2) is 0 Å². The summed E-state index contributed by atoms with van der Waals surface area (Å²) in [7, 11) is 0. The fourth-order valence-corrected chi connectivity index (χ4v) is 8.13. The Kier molecular flexibility index (Phi) is 6.60. The van der Waals surface area contributed by atoms with Crippen LogP contribution >= 0.6 is 0 Å². The molecule has 0 saturated carbocycles. The average molecular weight is 633 g/mol. The van der Waals surface area contributed by atoms with Gasteiger partial charge in [0.25, 0.3) is 0 Å². The van der Waals surface area contributed by atoms with Crippen LogP contribution in [0.1, 0.15) is 33.4 Å². The molecule has 0 saturated heterocycles. The van der Waals surface area contributed by atoms with Crippen molar-refractivity contribution >= 4 is 77.2 Å². The molecule has 232 valence electrons.